The number of hydrogen-bond donors (Lipinski definition) is 0. The van der Waals surface area contributed by atoms with Crippen molar-refractivity contribution in [1.82, 2.24) is 18.9 Å². The summed E-state index contributed by atoms with van der Waals surface area (Å²) >= 11 is 0. The van der Waals surface area contributed by atoms with E-state index < -0.39 is 5.79 Å². The molecule has 0 unspecified atom stereocenters. The van der Waals surface area contributed by atoms with E-state index in [-0.39, 0.29) is 17.0 Å². The van der Waals surface area contributed by atoms with Gasteiger partial charge < -0.3 is 23.7 Å². The normalized spacial score (nSPS) is 18.1. The van der Waals surface area contributed by atoms with E-state index in [1.165, 1.54) is 10.6 Å². The fourth-order valence-corrected chi connectivity index (χ4v) is 4.32. The minimum absolute atomic E-state index is 0.0635. The molecule has 0 aliphatic carbocycles. The summed E-state index contributed by atoms with van der Waals surface area (Å²) in [7, 11) is 3.46. The lowest BCUT2D eigenvalue weighted by atomic mass is 10.0. The summed E-state index contributed by atoms with van der Waals surface area (Å²) in [5.74, 6) is 0.343. The van der Waals surface area contributed by atoms with E-state index in [9.17, 15) is 9.59 Å². The first-order chi connectivity index (χ1) is 15.0. The molecule has 2 aromatic heterocycles. The number of amides is 1. The highest BCUT2D eigenvalue weighted by atomic mass is 16.7. The lowest BCUT2D eigenvalue weighted by Gasteiger charge is -2.37. The minimum atomic E-state index is -0.569. The van der Waals surface area contributed by atoms with Crippen molar-refractivity contribution in [3.8, 4) is 17.0 Å². The summed E-state index contributed by atoms with van der Waals surface area (Å²) in [4.78, 5) is 32.3. The number of rotatable bonds is 3. The van der Waals surface area contributed by atoms with E-state index in [0.29, 0.717) is 44.9 Å². The highest BCUT2D eigenvalue weighted by molar-refractivity contribution is 5.93. The molecule has 5 rings (SSSR count). The van der Waals surface area contributed by atoms with Gasteiger partial charge >= 0.3 is 0 Å². The molecule has 2 aliphatic heterocycles. The molecular formula is C22H24N4O5. The Labute approximate surface area is 178 Å². The Morgan fingerprint density at radius 1 is 1.13 bits per heavy atom. The second-order valence-corrected chi connectivity index (χ2v) is 7.85. The molecule has 3 aromatic rings. The van der Waals surface area contributed by atoms with Gasteiger partial charge in [-0.1, -0.05) is 0 Å². The van der Waals surface area contributed by atoms with E-state index in [1.54, 1.807) is 18.2 Å². The number of aromatic nitrogens is 3. The molecular weight excluding hydrogens is 400 g/mol. The topological polar surface area (TPSA) is 87.3 Å². The average Bonchev–Trinajstić information content (AvgIpc) is 3.39. The van der Waals surface area contributed by atoms with E-state index in [0.717, 1.165) is 17.0 Å². The zero-order valence-electron chi connectivity index (χ0n) is 17.5. The molecule has 0 radical (unpaired) electrons. The predicted molar refractivity (Wildman–Crippen MR) is 112 cm³/mol. The largest absolute Gasteiger partial charge is 0.497 e. The van der Waals surface area contributed by atoms with Crippen molar-refractivity contribution in [2.45, 2.75) is 18.6 Å². The third-order valence-corrected chi connectivity index (χ3v) is 6.13. The van der Waals surface area contributed by atoms with Crippen LogP contribution in [0.5, 0.6) is 5.75 Å². The zero-order valence-corrected chi connectivity index (χ0v) is 17.5. The van der Waals surface area contributed by atoms with E-state index in [2.05, 4.69) is 4.98 Å². The van der Waals surface area contributed by atoms with Gasteiger partial charge in [0.15, 0.2) is 5.79 Å². The van der Waals surface area contributed by atoms with Gasteiger partial charge in [0.05, 0.1) is 26.0 Å². The van der Waals surface area contributed by atoms with Gasteiger partial charge in [0, 0.05) is 50.9 Å². The Kier molecular flexibility index (Phi) is 4.79. The van der Waals surface area contributed by atoms with Crippen molar-refractivity contribution in [2.24, 2.45) is 7.05 Å². The first-order valence-electron chi connectivity index (χ1n) is 10.3. The lowest BCUT2D eigenvalue weighted by molar-refractivity contribution is -0.181. The molecule has 1 amide bonds. The van der Waals surface area contributed by atoms with Crippen molar-refractivity contribution in [3.05, 3.63) is 52.6 Å². The summed E-state index contributed by atoms with van der Waals surface area (Å²) in [6.45, 7) is 2.13. The van der Waals surface area contributed by atoms with Gasteiger partial charge in [-0.05, 0) is 24.3 Å². The molecule has 2 aliphatic rings. The van der Waals surface area contributed by atoms with Crippen LogP contribution in [0.15, 0.2) is 41.5 Å². The standard InChI is InChI=1S/C22H24N4O5/c1-24-18(15-3-5-16(29-2)6-4-15)14-26-20(28)17(13-23-21(24)26)19(27)25-9-7-22(8-10-25)30-11-12-31-22/h3-6,13-14H,7-12H2,1-2H3. The summed E-state index contributed by atoms with van der Waals surface area (Å²) in [5.41, 5.74) is 1.42. The molecule has 162 valence electrons. The van der Waals surface area contributed by atoms with Gasteiger partial charge in [-0.3, -0.25) is 14.0 Å². The summed E-state index contributed by atoms with van der Waals surface area (Å²) in [6.07, 6.45) is 4.30. The van der Waals surface area contributed by atoms with Crippen LogP contribution in [0.25, 0.3) is 17.0 Å². The summed E-state index contributed by atoms with van der Waals surface area (Å²) in [5, 5.41) is 0. The predicted octanol–water partition coefficient (Wildman–Crippen LogP) is 1.69. The third-order valence-electron chi connectivity index (χ3n) is 6.13. The number of ether oxygens (including phenoxy) is 3. The number of methoxy groups -OCH3 is 1. The molecule has 0 N–H and O–H groups in total. The molecule has 0 saturated carbocycles. The third kappa shape index (κ3) is 3.30. The van der Waals surface area contributed by atoms with Gasteiger partial charge in [0.1, 0.15) is 11.3 Å². The molecule has 0 atom stereocenters. The number of likely N-dealkylation sites (tertiary alicyclic amines) is 1. The molecule has 2 fully saturated rings. The second-order valence-electron chi connectivity index (χ2n) is 7.85. The lowest BCUT2D eigenvalue weighted by Crippen LogP contribution is -2.48. The van der Waals surface area contributed by atoms with Gasteiger partial charge in [-0.25, -0.2) is 4.98 Å². The van der Waals surface area contributed by atoms with Crippen LogP contribution in [0.1, 0.15) is 23.2 Å². The number of imidazole rings is 1. The minimum Gasteiger partial charge on any atom is -0.497 e. The Morgan fingerprint density at radius 3 is 2.45 bits per heavy atom. The molecule has 4 heterocycles. The maximum atomic E-state index is 13.2. The van der Waals surface area contributed by atoms with Crippen molar-refractivity contribution in [2.75, 3.05) is 33.4 Å². The van der Waals surface area contributed by atoms with Crippen LogP contribution in [0.2, 0.25) is 0 Å². The smallest absolute Gasteiger partial charge is 0.271 e. The van der Waals surface area contributed by atoms with E-state index >= 15 is 0 Å². The molecule has 1 spiro atoms. The number of benzene rings is 1. The first kappa shape index (κ1) is 19.8. The van der Waals surface area contributed by atoms with Crippen LogP contribution in [-0.4, -0.2) is 64.0 Å². The quantitative estimate of drug-likeness (QED) is 0.636. The number of nitrogens with zero attached hydrogens (tertiary/aromatic N) is 4. The SMILES string of the molecule is COc1ccc(-c2cn3c(=O)c(C(=O)N4CCC5(CC4)OCCO5)cnc3n2C)cc1. The fraction of sp³-hybridized carbons (Fsp3) is 0.409. The molecule has 1 aromatic carbocycles. The fourth-order valence-electron chi connectivity index (χ4n) is 4.32. The highest BCUT2D eigenvalue weighted by Crippen LogP contribution is 2.31. The maximum Gasteiger partial charge on any atom is 0.271 e. The Balaban J connectivity index is 1.44. The van der Waals surface area contributed by atoms with Crippen LogP contribution < -0.4 is 10.3 Å². The number of fused-ring (bicyclic) bond motifs is 1. The average molecular weight is 424 g/mol. The van der Waals surface area contributed by atoms with Gasteiger partial charge in [-0.2, -0.15) is 0 Å². The highest BCUT2D eigenvalue weighted by Gasteiger charge is 2.41. The number of piperidine rings is 1. The Hall–Kier alpha value is -3.17. The molecule has 9 nitrogen and oxygen atoms in total. The van der Waals surface area contributed by atoms with Crippen molar-refractivity contribution >= 4 is 11.7 Å². The van der Waals surface area contributed by atoms with Gasteiger partial charge in [-0.15, -0.1) is 0 Å². The maximum absolute atomic E-state index is 13.2. The zero-order chi connectivity index (χ0) is 21.6. The van der Waals surface area contributed by atoms with Crippen LogP contribution in [-0.2, 0) is 16.5 Å². The van der Waals surface area contributed by atoms with Crippen molar-refractivity contribution in [3.63, 3.8) is 0 Å². The summed E-state index contributed by atoms with van der Waals surface area (Å²) < 4.78 is 19.9. The van der Waals surface area contributed by atoms with Crippen molar-refractivity contribution < 1.29 is 19.0 Å². The van der Waals surface area contributed by atoms with Crippen LogP contribution in [0.3, 0.4) is 0 Å². The second kappa shape index (κ2) is 7.51. The summed E-state index contributed by atoms with van der Waals surface area (Å²) in [6, 6.07) is 7.56. The monoisotopic (exact) mass is 424 g/mol. The number of hydrogen-bond acceptors (Lipinski definition) is 6. The van der Waals surface area contributed by atoms with Crippen LogP contribution in [0.4, 0.5) is 0 Å². The Morgan fingerprint density at radius 2 is 1.81 bits per heavy atom. The first-order valence-corrected chi connectivity index (χ1v) is 10.3. The molecule has 0 bridgehead atoms. The number of carbonyl (C=O) groups is 1. The van der Waals surface area contributed by atoms with Crippen LogP contribution in [0, 0.1) is 0 Å². The van der Waals surface area contributed by atoms with Gasteiger partial charge in [0.25, 0.3) is 11.5 Å². The number of carbonyl (C=O) groups excluding carboxylic acids is 1. The molecule has 31 heavy (non-hydrogen) atoms. The van der Waals surface area contributed by atoms with Gasteiger partial charge in [0.2, 0.25) is 5.78 Å². The van der Waals surface area contributed by atoms with Crippen molar-refractivity contribution in [1.29, 1.82) is 0 Å². The van der Waals surface area contributed by atoms with Crippen LogP contribution >= 0.6 is 0 Å². The van der Waals surface area contributed by atoms with E-state index in [1.807, 2.05) is 35.9 Å². The van der Waals surface area contributed by atoms with E-state index in [4.69, 9.17) is 14.2 Å². The number of aryl methyl sites for hydroxylation is 1. The molecule has 9 heteroatoms. The Bertz CT molecular complexity index is 1180. The molecule has 2 saturated heterocycles.